The Morgan fingerprint density at radius 1 is 0.939 bits per heavy atom. The molecule has 1 heterocycles. The van der Waals surface area contributed by atoms with Crippen LogP contribution in [0.3, 0.4) is 0 Å². The third kappa shape index (κ3) is 9.56. The Hall–Kier alpha value is -3.66. The predicted octanol–water partition coefficient (Wildman–Crippen LogP) is -4.50. The number of H-pyrrole nitrogens is 1. The van der Waals surface area contributed by atoms with Crippen LogP contribution in [0.2, 0.25) is 0 Å². The second-order valence-corrected chi connectivity index (χ2v) is 7.30. The van der Waals surface area contributed by atoms with Crippen molar-refractivity contribution in [2.45, 2.75) is 43.4 Å². The Balaban J connectivity index is 2.99. The minimum Gasteiger partial charge on any atom is -0.480 e. The zero-order chi connectivity index (χ0) is 25.1. The van der Waals surface area contributed by atoms with Gasteiger partial charge in [-0.1, -0.05) is 0 Å². The van der Waals surface area contributed by atoms with Gasteiger partial charge in [-0.15, -0.1) is 0 Å². The van der Waals surface area contributed by atoms with Crippen LogP contribution in [-0.2, 0) is 35.2 Å². The Bertz CT molecular complexity index is 879. The van der Waals surface area contributed by atoms with Crippen LogP contribution in [0.15, 0.2) is 12.5 Å². The molecule has 0 aromatic carbocycles. The quantitative estimate of drug-likeness (QED) is 0.114. The van der Waals surface area contributed by atoms with Crippen LogP contribution >= 0.6 is 12.6 Å². The van der Waals surface area contributed by atoms with Crippen molar-refractivity contribution >= 4 is 48.1 Å². The van der Waals surface area contributed by atoms with E-state index in [2.05, 4.69) is 38.5 Å². The lowest BCUT2D eigenvalue weighted by Crippen LogP contribution is -2.58. The highest BCUT2D eigenvalue weighted by Crippen LogP contribution is 2.03. The van der Waals surface area contributed by atoms with Crippen LogP contribution < -0.4 is 33.2 Å². The average molecular weight is 487 g/mol. The van der Waals surface area contributed by atoms with Crippen molar-refractivity contribution in [3.05, 3.63) is 18.2 Å². The van der Waals surface area contributed by atoms with Crippen molar-refractivity contribution in [2.24, 2.45) is 17.2 Å². The Kier molecular flexibility index (Phi) is 10.8. The lowest BCUT2D eigenvalue weighted by Gasteiger charge is -2.24. The summed E-state index contributed by atoms with van der Waals surface area (Å²) in [6.07, 6.45) is 1.18. The number of aliphatic carboxylic acids is 1. The molecule has 1 rings (SSSR count). The molecule has 0 radical (unpaired) electrons. The van der Waals surface area contributed by atoms with Gasteiger partial charge >= 0.3 is 5.97 Å². The summed E-state index contributed by atoms with van der Waals surface area (Å²) in [6, 6.07) is -5.66. The van der Waals surface area contributed by atoms with Crippen LogP contribution in [0, 0.1) is 0 Å². The SMILES string of the molecule is NC(=O)CC(NC(=O)C(N)CS)C(=O)NC(CC(N)=O)C(=O)NC(Cc1cnc[nH]1)C(=O)O. The van der Waals surface area contributed by atoms with Crippen molar-refractivity contribution in [2.75, 3.05) is 5.75 Å². The molecule has 4 atom stereocenters. The van der Waals surface area contributed by atoms with Crippen molar-refractivity contribution in [3.8, 4) is 0 Å². The first-order valence-corrected chi connectivity index (χ1v) is 10.1. The molecule has 11 N–H and O–H groups in total. The number of imidazole rings is 1. The van der Waals surface area contributed by atoms with E-state index in [-0.39, 0.29) is 12.2 Å². The normalized spacial score (nSPS) is 14.2. The largest absolute Gasteiger partial charge is 0.480 e. The number of hydrogen-bond donors (Lipinski definition) is 9. The molecular formula is C17H26N8O7S. The van der Waals surface area contributed by atoms with Gasteiger partial charge in [0.1, 0.15) is 18.1 Å². The number of rotatable bonds is 14. The van der Waals surface area contributed by atoms with E-state index in [1.807, 2.05) is 0 Å². The fourth-order valence-electron chi connectivity index (χ4n) is 2.54. The molecule has 16 heteroatoms. The van der Waals surface area contributed by atoms with E-state index in [1.54, 1.807) is 0 Å². The minimum atomic E-state index is -1.61. The molecule has 0 saturated carbocycles. The number of carbonyl (C=O) groups is 6. The van der Waals surface area contributed by atoms with Gasteiger partial charge in [-0.3, -0.25) is 24.0 Å². The fourth-order valence-corrected chi connectivity index (χ4v) is 2.71. The van der Waals surface area contributed by atoms with Gasteiger partial charge in [0.15, 0.2) is 0 Å². The number of carbonyl (C=O) groups excluding carboxylic acids is 5. The first kappa shape index (κ1) is 27.4. The summed E-state index contributed by atoms with van der Waals surface area (Å²) in [4.78, 5) is 78.0. The number of hydrogen-bond acceptors (Lipinski definition) is 9. The molecule has 15 nitrogen and oxygen atoms in total. The number of nitrogens with one attached hydrogen (secondary N) is 4. The Labute approximate surface area is 193 Å². The number of carboxylic acids is 1. The highest BCUT2D eigenvalue weighted by molar-refractivity contribution is 7.80. The number of aromatic amines is 1. The summed E-state index contributed by atoms with van der Waals surface area (Å²) in [6.45, 7) is 0. The molecule has 1 aromatic rings. The number of carboxylic acid groups (broad SMARTS) is 1. The zero-order valence-electron chi connectivity index (χ0n) is 17.3. The third-order valence-corrected chi connectivity index (χ3v) is 4.60. The van der Waals surface area contributed by atoms with Gasteiger partial charge in [0, 0.05) is 24.1 Å². The molecular weight excluding hydrogens is 460 g/mol. The topological polar surface area (TPSA) is 265 Å². The second kappa shape index (κ2) is 13.0. The maximum Gasteiger partial charge on any atom is 0.326 e. The minimum absolute atomic E-state index is 0.0592. The summed E-state index contributed by atoms with van der Waals surface area (Å²) in [5.74, 6) is -6.27. The fraction of sp³-hybridized carbons (Fsp3) is 0.471. The Morgan fingerprint density at radius 2 is 1.42 bits per heavy atom. The van der Waals surface area contributed by atoms with Crippen LogP contribution in [0.1, 0.15) is 18.5 Å². The Morgan fingerprint density at radius 3 is 1.82 bits per heavy atom. The molecule has 0 fully saturated rings. The van der Waals surface area contributed by atoms with E-state index in [0.717, 1.165) is 0 Å². The van der Waals surface area contributed by atoms with E-state index < -0.39 is 72.5 Å². The van der Waals surface area contributed by atoms with Crippen LogP contribution in [0.4, 0.5) is 0 Å². The summed E-state index contributed by atoms with van der Waals surface area (Å²) in [5, 5.41) is 16.0. The maximum atomic E-state index is 12.6. The molecule has 0 spiro atoms. The first-order chi connectivity index (χ1) is 15.4. The van der Waals surface area contributed by atoms with Gasteiger partial charge in [0.2, 0.25) is 29.5 Å². The van der Waals surface area contributed by atoms with Gasteiger partial charge in [-0.05, 0) is 0 Å². The number of amides is 5. The summed E-state index contributed by atoms with van der Waals surface area (Å²) < 4.78 is 0. The number of thiol groups is 1. The van der Waals surface area contributed by atoms with E-state index >= 15 is 0 Å². The average Bonchev–Trinajstić information content (AvgIpc) is 3.23. The highest BCUT2D eigenvalue weighted by atomic mass is 32.1. The molecule has 1 aromatic heterocycles. The van der Waals surface area contributed by atoms with Gasteiger partial charge < -0.3 is 43.2 Å². The predicted molar refractivity (Wildman–Crippen MR) is 115 cm³/mol. The summed E-state index contributed by atoms with van der Waals surface area (Å²) in [5.41, 5.74) is 16.2. The van der Waals surface area contributed by atoms with Gasteiger partial charge in [0.05, 0.1) is 25.2 Å². The number of primary amides is 2. The summed E-state index contributed by atoms with van der Waals surface area (Å²) >= 11 is 3.86. The van der Waals surface area contributed by atoms with E-state index in [0.29, 0.717) is 5.69 Å². The van der Waals surface area contributed by atoms with Crippen molar-refractivity contribution in [3.63, 3.8) is 0 Å². The van der Waals surface area contributed by atoms with E-state index in [4.69, 9.17) is 17.2 Å². The van der Waals surface area contributed by atoms with Crippen molar-refractivity contribution in [1.82, 2.24) is 25.9 Å². The molecule has 33 heavy (non-hydrogen) atoms. The molecule has 0 aliphatic rings. The summed E-state index contributed by atoms with van der Waals surface area (Å²) in [7, 11) is 0. The third-order valence-electron chi connectivity index (χ3n) is 4.20. The molecule has 5 amide bonds. The zero-order valence-corrected chi connectivity index (χ0v) is 18.2. The maximum absolute atomic E-state index is 12.6. The number of nitrogens with zero attached hydrogens (tertiary/aromatic N) is 1. The number of aromatic nitrogens is 2. The lowest BCUT2D eigenvalue weighted by molar-refractivity contribution is -0.142. The molecule has 182 valence electrons. The van der Waals surface area contributed by atoms with Crippen LogP contribution in [0.25, 0.3) is 0 Å². The monoisotopic (exact) mass is 486 g/mol. The lowest BCUT2D eigenvalue weighted by atomic mass is 10.1. The number of nitrogens with two attached hydrogens (primary N) is 3. The second-order valence-electron chi connectivity index (χ2n) is 6.93. The van der Waals surface area contributed by atoms with Gasteiger partial charge in [0.25, 0.3) is 0 Å². The van der Waals surface area contributed by atoms with Crippen LogP contribution in [0.5, 0.6) is 0 Å². The highest BCUT2D eigenvalue weighted by Gasteiger charge is 2.32. The molecule has 0 bridgehead atoms. The smallest absolute Gasteiger partial charge is 0.326 e. The molecule has 0 aliphatic carbocycles. The van der Waals surface area contributed by atoms with E-state index in [1.165, 1.54) is 12.5 Å². The standard InChI is InChI=1S/C17H26N8O7S/c18-8(5-33)14(28)23-9(2-12(19)26)15(29)24-10(3-13(20)27)16(30)25-11(17(31)32)1-7-4-21-6-22-7/h4,6,8-11,33H,1-3,5,18H2,(H2,19,26)(H2,20,27)(H,21,22)(H,23,28)(H,24,29)(H,25,30)(H,31,32). The van der Waals surface area contributed by atoms with Gasteiger partial charge in [-0.2, -0.15) is 12.6 Å². The van der Waals surface area contributed by atoms with Crippen LogP contribution in [-0.4, -0.2) is 80.5 Å². The van der Waals surface area contributed by atoms with Gasteiger partial charge in [-0.25, -0.2) is 9.78 Å². The van der Waals surface area contributed by atoms with E-state index in [9.17, 15) is 33.9 Å². The molecule has 0 aliphatic heterocycles. The molecule has 0 saturated heterocycles. The first-order valence-electron chi connectivity index (χ1n) is 9.48. The molecule has 4 unspecified atom stereocenters. The van der Waals surface area contributed by atoms with Crippen molar-refractivity contribution < 1.29 is 33.9 Å². The van der Waals surface area contributed by atoms with Crippen molar-refractivity contribution in [1.29, 1.82) is 0 Å².